The number of benzene rings is 1. The Kier molecular flexibility index (Phi) is 4.52. The maximum Gasteiger partial charge on any atom is 0.321 e. The molecule has 2 unspecified atom stereocenters. The molecule has 0 radical (unpaired) electrons. The number of aliphatic carboxylic acids is 1. The van der Waals surface area contributed by atoms with Crippen LogP contribution in [0.25, 0.3) is 0 Å². The molecule has 5 N–H and O–H groups in total. The lowest BCUT2D eigenvalue weighted by atomic mass is 9.48. The average Bonchev–Trinajstić information content (AvgIpc) is 3.08. The van der Waals surface area contributed by atoms with Gasteiger partial charge < -0.3 is 30.3 Å². The van der Waals surface area contributed by atoms with Crippen molar-refractivity contribution in [2.24, 2.45) is 5.73 Å². The summed E-state index contributed by atoms with van der Waals surface area (Å²) >= 11 is 0. The molecular formula is C22H29N3O6. The van der Waals surface area contributed by atoms with Crippen molar-refractivity contribution >= 4 is 11.9 Å². The van der Waals surface area contributed by atoms with Crippen LogP contribution in [0.4, 0.5) is 0 Å². The molecular weight excluding hydrogens is 402 g/mol. The van der Waals surface area contributed by atoms with Crippen molar-refractivity contribution in [1.82, 2.24) is 10.2 Å². The second-order valence-electron chi connectivity index (χ2n) is 9.37. The third kappa shape index (κ3) is 2.54. The van der Waals surface area contributed by atoms with Crippen LogP contribution in [0, 0.1) is 0 Å². The zero-order chi connectivity index (χ0) is 22.1. The maximum atomic E-state index is 11.8. The van der Waals surface area contributed by atoms with Crippen LogP contribution in [0.5, 0.6) is 11.5 Å². The topological polar surface area (TPSA) is 134 Å². The SMILES string of the molecule is CO[C@@]12CC[C@H](N[C@@H](CC(N)=O)C(=O)O)[C@@H]3Oc4c(O)ccc5c4C31CCN(C)C2C5. The molecule has 168 valence electrons. The molecule has 1 amide bonds. The summed E-state index contributed by atoms with van der Waals surface area (Å²) in [5.74, 6) is -1.21. The van der Waals surface area contributed by atoms with E-state index in [1.165, 1.54) is 0 Å². The molecule has 1 saturated heterocycles. The highest BCUT2D eigenvalue weighted by atomic mass is 16.5. The Balaban J connectivity index is 1.63. The Morgan fingerprint density at radius 2 is 2.19 bits per heavy atom. The van der Waals surface area contributed by atoms with Crippen LogP contribution in [-0.2, 0) is 26.2 Å². The summed E-state index contributed by atoms with van der Waals surface area (Å²) in [4.78, 5) is 25.6. The standard InChI is InChI=1S/C22H29N3O6/c1-25-8-7-21-17-11-3-4-14(26)18(17)31-19(21)12(24-13(20(28)29)10-16(23)27)5-6-22(21,30-2)15(25)9-11/h3-4,12-13,15,19,24,26H,5-10H2,1-2H3,(H2,23,27)(H,28,29)/t12-,13-,15?,19-,21?,22+/m0/s1. The fraction of sp³-hybridized carbons (Fsp3) is 0.636. The van der Waals surface area contributed by atoms with E-state index in [0.717, 1.165) is 30.5 Å². The molecule has 2 aliphatic carbocycles. The predicted octanol–water partition coefficient (Wildman–Crippen LogP) is 0.117. The van der Waals surface area contributed by atoms with E-state index in [-0.39, 0.29) is 24.3 Å². The molecule has 0 aromatic heterocycles. The van der Waals surface area contributed by atoms with E-state index in [2.05, 4.69) is 17.3 Å². The molecule has 31 heavy (non-hydrogen) atoms. The van der Waals surface area contributed by atoms with Crippen LogP contribution in [0.2, 0.25) is 0 Å². The van der Waals surface area contributed by atoms with E-state index < -0.39 is 35.0 Å². The fourth-order valence-electron chi connectivity index (χ4n) is 6.99. The van der Waals surface area contributed by atoms with Crippen molar-refractivity contribution < 1.29 is 29.3 Å². The average molecular weight is 431 g/mol. The monoisotopic (exact) mass is 431 g/mol. The summed E-state index contributed by atoms with van der Waals surface area (Å²) in [6, 6.07) is 2.37. The first-order valence-corrected chi connectivity index (χ1v) is 10.8. The molecule has 2 aliphatic heterocycles. The van der Waals surface area contributed by atoms with Crippen LogP contribution in [0.3, 0.4) is 0 Å². The van der Waals surface area contributed by atoms with Gasteiger partial charge in [-0.3, -0.25) is 14.9 Å². The third-order valence-electron chi connectivity index (χ3n) is 8.17. The van der Waals surface area contributed by atoms with E-state index in [4.69, 9.17) is 15.2 Å². The van der Waals surface area contributed by atoms with Crippen molar-refractivity contribution in [1.29, 1.82) is 0 Å². The molecule has 1 spiro atoms. The number of carbonyl (C=O) groups is 2. The number of ether oxygens (including phenoxy) is 2. The molecule has 2 heterocycles. The van der Waals surface area contributed by atoms with Gasteiger partial charge in [-0.2, -0.15) is 0 Å². The summed E-state index contributed by atoms with van der Waals surface area (Å²) in [6.45, 7) is 0.848. The number of piperidine rings is 1. The first-order chi connectivity index (χ1) is 14.7. The molecule has 1 aromatic rings. The summed E-state index contributed by atoms with van der Waals surface area (Å²) in [7, 11) is 3.87. The van der Waals surface area contributed by atoms with Crippen molar-refractivity contribution in [2.45, 2.75) is 67.3 Å². The molecule has 5 rings (SSSR count). The zero-order valence-corrected chi connectivity index (χ0v) is 17.8. The van der Waals surface area contributed by atoms with Crippen LogP contribution >= 0.6 is 0 Å². The number of likely N-dealkylation sites (tertiary alicyclic amines) is 1. The van der Waals surface area contributed by atoms with Crippen molar-refractivity contribution in [3.63, 3.8) is 0 Å². The molecule has 6 atom stereocenters. The normalized spacial score (nSPS) is 36.4. The van der Waals surface area contributed by atoms with E-state index >= 15 is 0 Å². The van der Waals surface area contributed by atoms with E-state index in [9.17, 15) is 19.8 Å². The van der Waals surface area contributed by atoms with Crippen LogP contribution in [0.15, 0.2) is 12.1 Å². The van der Waals surface area contributed by atoms with E-state index in [1.807, 2.05) is 6.07 Å². The number of amides is 1. The third-order valence-corrected chi connectivity index (χ3v) is 8.17. The van der Waals surface area contributed by atoms with Gasteiger partial charge in [-0.1, -0.05) is 6.07 Å². The van der Waals surface area contributed by atoms with Crippen molar-refractivity contribution in [3.05, 3.63) is 23.3 Å². The Labute approximate surface area is 180 Å². The van der Waals surface area contributed by atoms with Crippen molar-refractivity contribution in [2.75, 3.05) is 20.7 Å². The number of nitrogens with two attached hydrogens (primary N) is 1. The number of carbonyl (C=O) groups excluding carboxylic acids is 1. The highest BCUT2D eigenvalue weighted by molar-refractivity contribution is 5.83. The molecule has 1 aromatic carbocycles. The Bertz CT molecular complexity index is 953. The van der Waals surface area contributed by atoms with Gasteiger partial charge in [0.25, 0.3) is 0 Å². The quantitative estimate of drug-likeness (QED) is 0.499. The lowest BCUT2D eigenvalue weighted by molar-refractivity contribution is -0.204. The first-order valence-electron chi connectivity index (χ1n) is 10.8. The van der Waals surface area contributed by atoms with E-state index in [0.29, 0.717) is 18.6 Å². The predicted molar refractivity (Wildman–Crippen MR) is 110 cm³/mol. The summed E-state index contributed by atoms with van der Waals surface area (Å²) in [6.07, 6.45) is 2.20. The van der Waals surface area contributed by atoms with Gasteiger partial charge in [0.1, 0.15) is 12.1 Å². The van der Waals surface area contributed by atoms with Gasteiger partial charge in [0.2, 0.25) is 5.91 Å². The van der Waals surface area contributed by atoms with Gasteiger partial charge in [0.05, 0.1) is 17.4 Å². The molecule has 9 heteroatoms. The highest BCUT2D eigenvalue weighted by Crippen LogP contribution is 2.66. The number of phenols is 1. The number of hydrogen-bond acceptors (Lipinski definition) is 7. The molecule has 2 bridgehead atoms. The van der Waals surface area contributed by atoms with Gasteiger partial charge in [-0.05, 0) is 50.9 Å². The van der Waals surface area contributed by atoms with E-state index in [1.54, 1.807) is 13.2 Å². The lowest BCUT2D eigenvalue weighted by Crippen LogP contribution is -2.78. The summed E-state index contributed by atoms with van der Waals surface area (Å²) in [5, 5.41) is 23.4. The fourth-order valence-corrected chi connectivity index (χ4v) is 6.99. The number of rotatable bonds is 6. The molecule has 4 aliphatic rings. The maximum absolute atomic E-state index is 11.8. The number of likely N-dealkylation sites (N-methyl/N-ethyl adjacent to an activating group) is 1. The Morgan fingerprint density at radius 1 is 1.42 bits per heavy atom. The van der Waals surface area contributed by atoms with Gasteiger partial charge in [0, 0.05) is 24.8 Å². The smallest absolute Gasteiger partial charge is 0.321 e. The van der Waals surface area contributed by atoms with Gasteiger partial charge in [-0.15, -0.1) is 0 Å². The number of methoxy groups -OCH3 is 1. The molecule has 9 nitrogen and oxygen atoms in total. The second-order valence-corrected chi connectivity index (χ2v) is 9.37. The number of carboxylic acids is 1. The number of phenolic OH excluding ortho intramolecular Hbond substituents is 1. The van der Waals surface area contributed by atoms with Gasteiger partial charge >= 0.3 is 5.97 Å². The number of aromatic hydroxyl groups is 1. The summed E-state index contributed by atoms with van der Waals surface area (Å²) in [5.41, 5.74) is 6.43. The number of hydrogen-bond donors (Lipinski definition) is 4. The minimum Gasteiger partial charge on any atom is -0.504 e. The van der Waals surface area contributed by atoms with Gasteiger partial charge in [-0.25, -0.2) is 0 Å². The first kappa shape index (κ1) is 20.5. The summed E-state index contributed by atoms with van der Waals surface area (Å²) < 4.78 is 12.8. The number of nitrogens with zero attached hydrogens (tertiary/aromatic N) is 1. The minimum atomic E-state index is -1.12. The number of nitrogens with one attached hydrogen (secondary N) is 1. The lowest BCUT2D eigenvalue weighted by Gasteiger charge is -2.65. The second kappa shape index (κ2) is 6.82. The van der Waals surface area contributed by atoms with Crippen molar-refractivity contribution in [3.8, 4) is 11.5 Å². The number of carboxylic acid groups (broad SMARTS) is 1. The minimum absolute atomic E-state index is 0.0931. The van der Waals surface area contributed by atoms with Gasteiger partial charge in [0.15, 0.2) is 11.5 Å². The number of primary amides is 1. The largest absolute Gasteiger partial charge is 0.504 e. The Morgan fingerprint density at radius 3 is 2.87 bits per heavy atom. The van der Waals surface area contributed by atoms with Crippen LogP contribution < -0.4 is 15.8 Å². The zero-order valence-electron chi connectivity index (χ0n) is 17.8. The molecule has 1 saturated carbocycles. The Hall–Kier alpha value is -2.36. The van der Waals surface area contributed by atoms with Crippen LogP contribution in [-0.4, -0.2) is 77.5 Å². The molecule has 2 fully saturated rings. The highest BCUT2D eigenvalue weighted by Gasteiger charge is 2.73. The van der Waals surface area contributed by atoms with Crippen LogP contribution in [0.1, 0.15) is 36.8 Å².